The molecule has 2 nitrogen and oxygen atoms in total. The maximum Gasteiger partial charge on any atom is 0.0168 e. The number of aryl methyl sites for hydroxylation is 1. The topological polar surface area (TPSA) is 29.3 Å². The summed E-state index contributed by atoms with van der Waals surface area (Å²) in [7, 11) is 0. The van der Waals surface area contributed by atoms with Crippen molar-refractivity contribution in [3.8, 4) is 0 Å². The van der Waals surface area contributed by atoms with Gasteiger partial charge in [0.1, 0.15) is 0 Å². The van der Waals surface area contributed by atoms with E-state index in [9.17, 15) is 0 Å². The van der Waals surface area contributed by atoms with E-state index in [-0.39, 0.29) is 0 Å². The summed E-state index contributed by atoms with van der Waals surface area (Å²) in [5.74, 6) is 1.16. The minimum Gasteiger partial charge on any atom is -0.327 e. The van der Waals surface area contributed by atoms with E-state index in [0.717, 1.165) is 18.8 Å². The third kappa shape index (κ3) is 4.34. The van der Waals surface area contributed by atoms with E-state index in [1.807, 2.05) is 11.8 Å². The lowest BCUT2D eigenvalue weighted by atomic mass is 10.1. The molecule has 0 spiro atoms. The molecule has 1 atom stereocenters. The molecule has 0 radical (unpaired) electrons. The molecule has 1 aliphatic rings. The molecule has 1 saturated heterocycles. The molecule has 1 aromatic carbocycles. The highest BCUT2D eigenvalue weighted by molar-refractivity contribution is 7.99. The molecule has 3 heteroatoms. The van der Waals surface area contributed by atoms with Crippen LogP contribution in [0.25, 0.3) is 0 Å². The van der Waals surface area contributed by atoms with E-state index in [1.165, 1.54) is 29.8 Å². The van der Waals surface area contributed by atoms with Crippen molar-refractivity contribution in [2.45, 2.75) is 30.7 Å². The van der Waals surface area contributed by atoms with Crippen molar-refractivity contribution in [1.82, 2.24) is 4.90 Å². The van der Waals surface area contributed by atoms with Gasteiger partial charge in [-0.15, -0.1) is 11.8 Å². The Labute approximate surface area is 109 Å². The Morgan fingerprint density at radius 1 is 1.35 bits per heavy atom. The largest absolute Gasteiger partial charge is 0.327 e. The number of nitrogens with zero attached hydrogens (tertiary/aromatic N) is 1. The molecule has 0 aliphatic carbocycles. The second-order valence-corrected chi connectivity index (χ2v) is 6.03. The minimum atomic E-state index is 0.396. The number of hydrogen-bond acceptors (Lipinski definition) is 3. The molecule has 17 heavy (non-hydrogen) atoms. The lowest BCUT2D eigenvalue weighted by Gasteiger charge is -2.30. The van der Waals surface area contributed by atoms with Gasteiger partial charge in [-0.2, -0.15) is 0 Å². The second-order valence-electron chi connectivity index (χ2n) is 4.86. The van der Waals surface area contributed by atoms with Crippen LogP contribution in [0.2, 0.25) is 0 Å². The van der Waals surface area contributed by atoms with Crippen LogP contribution < -0.4 is 5.73 Å². The van der Waals surface area contributed by atoms with Crippen LogP contribution in [0, 0.1) is 6.92 Å². The summed E-state index contributed by atoms with van der Waals surface area (Å²) in [4.78, 5) is 3.87. The van der Waals surface area contributed by atoms with Crippen LogP contribution >= 0.6 is 11.8 Å². The number of piperidine rings is 1. The summed E-state index contributed by atoms with van der Waals surface area (Å²) in [6.07, 6.45) is 2.46. The Kier molecular flexibility index (Phi) is 4.89. The Hall–Kier alpha value is -0.510. The Morgan fingerprint density at radius 2 is 2.12 bits per heavy atom. The first-order valence-electron chi connectivity index (χ1n) is 6.41. The van der Waals surface area contributed by atoms with Gasteiger partial charge < -0.3 is 10.6 Å². The van der Waals surface area contributed by atoms with E-state index >= 15 is 0 Å². The molecule has 0 aromatic heterocycles. The fraction of sp³-hybridized carbons (Fsp3) is 0.571. The van der Waals surface area contributed by atoms with E-state index in [4.69, 9.17) is 5.73 Å². The highest BCUT2D eigenvalue weighted by Crippen LogP contribution is 2.19. The smallest absolute Gasteiger partial charge is 0.0168 e. The maximum absolute atomic E-state index is 5.98. The van der Waals surface area contributed by atoms with Crippen molar-refractivity contribution < 1.29 is 0 Å². The van der Waals surface area contributed by atoms with Crippen molar-refractivity contribution in [3.05, 3.63) is 29.8 Å². The monoisotopic (exact) mass is 250 g/mol. The van der Waals surface area contributed by atoms with Crippen molar-refractivity contribution in [2.75, 3.05) is 25.4 Å². The average Bonchev–Trinajstić information content (AvgIpc) is 2.32. The minimum absolute atomic E-state index is 0.396. The molecule has 2 rings (SSSR count). The molecule has 1 unspecified atom stereocenters. The summed E-state index contributed by atoms with van der Waals surface area (Å²) >= 11 is 1.94. The predicted octanol–water partition coefficient (Wildman–Crippen LogP) is 2.51. The van der Waals surface area contributed by atoms with Gasteiger partial charge in [0.25, 0.3) is 0 Å². The molecule has 1 fully saturated rings. The predicted molar refractivity (Wildman–Crippen MR) is 75.6 cm³/mol. The average molecular weight is 250 g/mol. The summed E-state index contributed by atoms with van der Waals surface area (Å²) in [6, 6.07) is 9.18. The summed E-state index contributed by atoms with van der Waals surface area (Å²) in [5, 5.41) is 0. The van der Waals surface area contributed by atoms with Crippen LogP contribution in [0.5, 0.6) is 0 Å². The molecule has 1 aliphatic heterocycles. The van der Waals surface area contributed by atoms with Crippen molar-refractivity contribution in [1.29, 1.82) is 0 Å². The van der Waals surface area contributed by atoms with E-state index in [2.05, 4.69) is 36.1 Å². The molecular weight excluding hydrogens is 228 g/mol. The number of rotatable bonds is 4. The molecule has 0 bridgehead atoms. The number of hydrogen-bond donors (Lipinski definition) is 1. The van der Waals surface area contributed by atoms with Gasteiger partial charge in [-0.25, -0.2) is 0 Å². The zero-order chi connectivity index (χ0) is 12.1. The summed E-state index contributed by atoms with van der Waals surface area (Å²) in [6.45, 7) is 5.59. The molecule has 2 N–H and O–H groups in total. The zero-order valence-corrected chi connectivity index (χ0v) is 11.4. The van der Waals surface area contributed by atoms with Gasteiger partial charge in [-0.3, -0.25) is 0 Å². The Balaban J connectivity index is 1.70. The first kappa shape index (κ1) is 12.9. The summed E-state index contributed by atoms with van der Waals surface area (Å²) < 4.78 is 0. The molecule has 0 saturated carbocycles. The number of nitrogens with two attached hydrogens (primary N) is 1. The maximum atomic E-state index is 5.98. The molecular formula is C14H22N2S. The first-order valence-corrected chi connectivity index (χ1v) is 7.40. The highest BCUT2D eigenvalue weighted by atomic mass is 32.2. The lowest BCUT2D eigenvalue weighted by molar-refractivity contribution is 0.221. The SMILES string of the molecule is Cc1ccc(SCCN2CCCC(N)C2)cc1. The van der Waals surface area contributed by atoms with Crippen LogP contribution in [0.15, 0.2) is 29.2 Å². The van der Waals surface area contributed by atoms with Gasteiger partial charge in [-0.1, -0.05) is 17.7 Å². The van der Waals surface area contributed by atoms with Gasteiger partial charge in [0.2, 0.25) is 0 Å². The Bertz CT molecular complexity index is 337. The number of likely N-dealkylation sites (tertiary alicyclic amines) is 1. The third-order valence-electron chi connectivity index (χ3n) is 3.24. The van der Waals surface area contributed by atoms with Gasteiger partial charge in [0, 0.05) is 29.8 Å². The molecule has 0 amide bonds. The lowest BCUT2D eigenvalue weighted by Crippen LogP contribution is -2.43. The molecule has 1 heterocycles. The van der Waals surface area contributed by atoms with Crippen molar-refractivity contribution >= 4 is 11.8 Å². The van der Waals surface area contributed by atoms with Crippen LogP contribution in [-0.4, -0.2) is 36.3 Å². The number of benzene rings is 1. The van der Waals surface area contributed by atoms with Gasteiger partial charge in [0.05, 0.1) is 0 Å². The van der Waals surface area contributed by atoms with Gasteiger partial charge in [0.15, 0.2) is 0 Å². The normalized spacial score (nSPS) is 21.6. The van der Waals surface area contributed by atoms with Crippen LogP contribution in [0.1, 0.15) is 18.4 Å². The van der Waals surface area contributed by atoms with E-state index < -0.39 is 0 Å². The fourth-order valence-electron chi connectivity index (χ4n) is 2.22. The van der Waals surface area contributed by atoms with E-state index in [0.29, 0.717) is 6.04 Å². The van der Waals surface area contributed by atoms with Crippen molar-refractivity contribution in [2.24, 2.45) is 5.73 Å². The Morgan fingerprint density at radius 3 is 2.82 bits per heavy atom. The highest BCUT2D eigenvalue weighted by Gasteiger charge is 2.15. The quantitative estimate of drug-likeness (QED) is 0.833. The molecule has 94 valence electrons. The van der Waals surface area contributed by atoms with E-state index in [1.54, 1.807) is 0 Å². The second kappa shape index (κ2) is 6.43. The fourth-order valence-corrected chi connectivity index (χ4v) is 3.14. The standard InChI is InChI=1S/C14H22N2S/c1-12-4-6-14(7-5-12)17-10-9-16-8-2-3-13(15)11-16/h4-7,13H,2-3,8-11,15H2,1H3. The number of thioether (sulfide) groups is 1. The van der Waals surface area contributed by atoms with Crippen LogP contribution in [0.3, 0.4) is 0 Å². The van der Waals surface area contributed by atoms with Crippen LogP contribution in [0.4, 0.5) is 0 Å². The first-order chi connectivity index (χ1) is 8.24. The zero-order valence-electron chi connectivity index (χ0n) is 10.6. The van der Waals surface area contributed by atoms with Gasteiger partial charge in [-0.05, 0) is 38.4 Å². The molecule has 1 aromatic rings. The van der Waals surface area contributed by atoms with Crippen molar-refractivity contribution in [3.63, 3.8) is 0 Å². The van der Waals surface area contributed by atoms with Crippen LogP contribution in [-0.2, 0) is 0 Å². The third-order valence-corrected chi connectivity index (χ3v) is 4.23. The van der Waals surface area contributed by atoms with Gasteiger partial charge >= 0.3 is 0 Å². The summed E-state index contributed by atoms with van der Waals surface area (Å²) in [5.41, 5.74) is 7.31.